The van der Waals surface area contributed by atoms with E-state index in [1.165, 1.54) is 9.21 Å². The molecule has 29 heavy (non-hydrogen) atoms. The SMILES string of the molecule is O=C1CC(N2CCN(S(=O)(=O)c3ccccc3)CC2)C(=O)N1c1ccc(Br)cc1. The van der Waals surface area contributed by atoms with Crippen molar-refractivity contribution >= 4 is 43.5 Å². The fourth-order valence-corrected chi connectivity index (χ4v) is 5.47. The summed E-state index contributed by atoms with van der Waals surface area (Å²) in [5.41, 5.74) is 0.552. The topological polar surface area (TPSA) is 78.0 Å². The van der Waals surface area contributed by atoms with Gasteiger partial charge in [0.25, 0.3) is 5.91 Å². The van der Waals surface area contributed by atoms with E-state index < -0.39 is 16.1 Å². The van der Waals surface area contributed by atoms with E-state index in [1.807, 2.05) is 4.90 Å². The quantitative estimate of drug-likeness (QED) is 0.630. The van der Waals surface area contributed by atoms with Gasteiger partial charge >= 0.3 is 0 Å². The van der Waals surface area contributed by atoms with Crippen LogP contribution in [0.3, 0.4) is 0 Å². The molecule has 2 aromatic rings. The molecular formula is C20H20BrN3O4S. The molecule has 1 unspecified atom stereocenters. The summed E-state index contributed by atoms with van der Waals surface area (Å²) in [7, 11) is -3.55. The van der Waals surface area contributed by atoms with E-state index in [0.29, 0.717) is 18.8 Å². The van der Waals surface area contributed by atoms with Crippen molar-refractivity contribution in [2.24, 2.45) is 0 Å². The van der Waals surface area contributed by atoms with Crippen LogP contribution in [-0.4, -0.2) is 61.7 Å². The summed E-state index contributed by atoms with van der Waals surface area (Å²) >= 11 is 3.35. The molecule has 9 heteroatoms. The van der Waals surface area contributed by atoms with E-state index in [4.69, 9.17) is 0 Å². The van der Waals surface area contributed by atoms with Gasteiger partial charge in [-0.25, -0.2) is 13.3 Å². The van der Waals surface area contributed by atoms with E-state index in [1.54, 1.807) is 54.6 Å². The van der Waals surface area contributed by atoms with Gasteiger partial charge in [0.05, 0.1) is 23.0 Å². The highest BCUT2D eigenvalue weighted by Crippen LogP contribution is 2.28. The third-order valence-electron chi connectivity index (χ3n) is 5.30. The molecule has 0 spiro atoms. The molecule has 2 aliphatic rings. The molecule has 2 aliphatic heterocycles. The first kappa shape index (κ1) is 20.2. The average molecular weight is 478 g/mol. The Morgan fingerprint density at radius 1 is 0.862 bits per heavy atom. The molecule has 2 aromatic carbocycles. The van der Waals surface area contributed by atoms with Gasteiger partial charge in [0.15, 0.2) is 0 Å². The number of piperazine rings is 1. The van der Waals surface area contributed by atoms with Gasteiger partial charge in [-0.1, -0.05) is 34.1 Å². The average Bonchev–Trinajstić information content (AvgIpc) is 3.03. The van der Waals surface area contributed by atoms with E-state index in [9.17, 15) is 18.0 Å². The number of anilines is 1. The van der Waals surface area contributed by atoms with Crippen LogP contribution in [0.25, 0.3) is 0 Å². The van der Waals surface area contributed by atoms with Crippen LogP contribution >= 0.6 is 15.9 Å². The summed E-state index contributed by atoms with van der Waals surface area (Å²) in [6, 6.07) is 14.8. The fourth-order valence-electron chi connectivity index (χ4n) is 3.76. The zero-order chi connectivity index (χ0) is 20.6. The van der Waals surface area contributed by atoms with E-state index in [2.05, 4.69) is 15.9 Å². The molecule has 0 radical (unpaired) electrons. The number of rotatable bonds is 4. The van der Waals surface area contributed by atoms with Gasteiger partial charge in [-0.05, 0) is 36.4 Å². The molecule has 0 N–H and O–H groups in total. The number of imide groups is 1. The molecule has 7 nitrogen and oxygen atoms in total. The highest BCUT2D eigenvalue weighted by atomic mass is 79.9. The van der Waals surface area contributed by atoms with E-state index in [0.717, 1.165) is 4.47 Å². The number of carbonyl (C=O) groups is 2. The van der Waals surface area contributed by atoms with Gasteiger partial charge in [0, 0.05) is 30.7 Å². The second-order valence-corrected chi connectivity index (χ2v) is 9.87. The predicted octanol–water partition coefficient (Wildman–Crippen LogP) is 2.09. The minimum Gasteiger partial charge on any atom is -0.289 e. The maximum Gasteiger partial charge on any atom is 0.251 e. The van der Waals surface area contributed by atoms with Crippen LogP contribution in [0.5, 0.6) is 0 Å². The molecule has 2 saturated heterocycles. The largest absolute Gasteiger partial charge is 0.289 e. The Hall–Kier alpha value is -2.07. The lowest BCUT2D eigenvalue weighted by Crippen LogP contribution is -2.53. The smallest absolute Gasteiger partial charge is 0.251 e. The lowest BCUT2D eigenvalue weighted by atomic mass is 10.2. The number of benzene rings is 2. The third-order valence-corrected chi connectivity index (χ3v) is 7.74. The standard InChI is InChI=1S/C20H20BrN3O4S/c21-15-6-8-16(9-7-15)24-19(25)14-18(20(24)26)22-10-12-23(13-11-22)29(27,28)17-4-2-1-3-5-17/h1-9,18H,10-14H2. The molecule has 0 saturated carbocycles. The highest BCUT2D eigenvalue weighted by Gasteiger charge is 2.44. The maximum absolute atomic E-state index is 12.9. The summed E-state index contributed by atoms with van der Waals surface area (Å²) in [6.07, 6.45) is 0.111. The first-order chi connectivity index (χ1) is 13.9. The zero-order valence-corrected chi connectivity index (χ0v) is 18.0. The summed E-state index contributed by atoms with van der Waals surface area (Å²) in [6.45, 7) is 1.38. The van der Waals surface area contributed by atoms with Crippen LogP contribution < -0.4 is 4.90 Å². The fraction of sp³-hybridized carbons (Fsp3) is 0.300. The summed E-state index contributed by atoms with van der Waals surface area (Å²) in [5.74, 6) is -0.488. The van der Waals surface area contributed by atoms with E-state index >= 15 is 0 Å². The number of carbonyl (C=O) groups excluding carboxylic acids is 2. The Morgan fingerprint density at radius 2 is 1.48 bits per heavy atom. The van der Waals surface area contributed by atoms with Gasteiger partial charge in [-0.2, -0.15) is 4.31 Å². The van der Waals surface area contributed by atoms with Crippen molar-refractivity contribution < 1.29 is 18.0 Å². The van der Waals surface area contributed by atoms with Crippen molar-refractivity contribution in [3.05, 3.63) is 59.1 Å². The van der Waals surface area contributed by atoms with Crippen molar-refractivity contribution in [2.45, 2.75) is 17.4 Å². The molecule has 2 fully saturated rings. The predicted molar refractivity (Wildman–Crippen MR) is 112 cm³/mol. The van der Waals surface area contributed by atoms with Crippen LogP contribution in [0, 0.1) is 0 Å². The Bertz CT molecular complexity index is 1020. The summed E-state index contributed by atoms with van der Waals surface area (Å²) < 4.78 is 27.8. The highest BCUT2D eigenvalue weighted by molar-refractivity contribution is 9.10. The van der Waals surface area contributed by atoms with Crippen LogP contribution in [0.4, 0.5) is 5.69 Å². The number of hydrogen-bond donors (Lipinski definition) is 0. The lowest BCUT2D eigenvalue weighted by molar-refractivity contribution is -0.123. The van der Waals surface area contributed by atoms with Gasteiger partial charge in [0.1, 0.15) is 0 Å². The Morgan fingerprint density at radius 3 is 2.10 bits per heavy atom. The van der Waals surface area contributed by atoms with Gasteiger partial charge in [-0.15, -0.1) is 0 Å². The monoisotopic (exact) mass is 477 g/mol. The van der Waals surface area contributed by atoms with Crippen LogP contribution in [0.2, 0.25) is 0 Å². The normalized spacial score (nSPS) is 21.7. The third kappa shape index (κ3) is 3.87. The van der Waals surface area contributed by atoms with E-state index in [-0.39, 0.29) is 36.2 Å². The van der Waals surface area contributed by atoms with Crippen molar-refractivity contribution in [3.63, 3.8) is 0 Å². The van der Waals surface area contributed by atoms with Gasteiger partial charge < -0.3 is 0 Å². The molecule has 4 rings (SSSR count). The Kier molecular flexibility index (Phi) is 5.56. The molecule has 2 heterocycles. The van der Waals surface area contributed by atoms with Gasteiger partial charge in [0.2, 0.25) is 15.9 Å². The minimum atomic E-state index is -3.55. The lowest BCUT2D eigenvalue weighted by Gasteiger charge is -2.36. The number of sulfonamides is 1. The Labute approximate surface area is 178 Å². The molecule has 0 aliphatic carbocycles. The summed E-state index contributed by atoms with van der Waals surface area (Å²) in [4.78, 5) is 28.8. The Balaban J connectivity index is 1.44. The molecular weight excluding hydrogens is 458 g/mol. The van der Waals surface area contributed by atoms with Crippen LogP contribution in [0.15, 0.2) is 64.0 Å². The van der Waals surface area contributed by atoms with Crippen LogP contribution in [0.1, 0.15) is 6.42 Å². The maximum atomic E-state index is 12.9. The van der Waals surface area contributed by atoms with Crippen LogP contribution in [-0.2, 0) is 19.6 Å². The van der Waals surface area contributed by atoms with Crippen molar-refractivity contribution in [1.82, 2.24) is 9.21 Å². The number of amides is 2. The number of halogens is 1. The molecule has 0 bridgehead atoms. The minimum absolute atomic E-state index is 0.111. The number of hydrogen-bond acceptors (Lipinski definition) is 5. The number of nitrogens with zero attached hydrogens (tertiary/aromatic N) is 3. The summed E-state index contributed by atoms with van der Waals surface area (Å²) in [5, 5.41) is 0. The molecule has 152 valence electrons. The van der Waals surface area contributed by atoms with Crippen molar-refractivity contribution in [1.29, 1.82) is 0 Å². The zero-order valence-electron chi connectivity index (χ0n) is 15.6. The first-order valence-electron chi connectivity index (χ1n) is 9.29. The van der Waals surface area contributed by atoms with Crippen molar-refractivity contribution in [3.8, 4) is 0 Å². The second kappa shape index (κ2) is 7.98. The van der Waals surface area contributed by atoms with Crippen molar-refractivity contribution in [2.75, 3.05) is 31.1 Å². The first-order valence-corrected chi connectivity index (χ1v) is 11.5. The molecule has 1 atom stereocenters. The molecule has 2 amide bonds. The van der Waals surface area contributed by atoms with Gasteiger partial charge in [-0.3, -0.25) is 14.5 Å². The second-order valence-electron chi connectivity index (χ2n) is 7.02. The molecule has 0 aromatic heterocycles.